The summed E-state index contributed by atoms with van der Waals surface area (Å²) >= 11 is 6.20. The number of carbonyl (C=O) groups excluding carboxylic acids is 1. The molecule has 190 valence electrons. The molecule has 7 heteroatoms. The van der Waals surface area contributed by atoms with Gasteiger partial charge in [-0.2, -0.15) is 0 Å². The highest BCUT2D eigenvalue weighted by Crippen LogP contribution is 2.43. The fourth-order valence-electron chi connectivity index (χ4n) is 4.81. The number of hydrogen-bond acceptors (Lipinski definition) is 5. The summed E-state index contributed by atoms with van der Waals surface area (Å²) in [6.45, 7) is 4.68. The smallest absolute Gasteiger partial charge is 0.295 e. The minimum Gasteiger partial charge on any atom is -0.493 e. The van der Waals surface area contributed by atoms with Crippen LogP contribution in [-0.2, 0) is 0 Å². The van der Waals surface area contributed by atoms with Crippen LogP contribution in [0.15, 0.2) is 69.9 Å². The number of amides is 1. The van der Waals surface area contributed by atoms with Crippen molar-refractivity contribution in [2.75, 3.05) is 18.6 Å². The Morgan fingerprint density at radius 3 is 2.59 bits per heavy atom. The number of rotatable bonds is 8. The predicted molar refractivity (Wildman–Crippen MR) is 145 cm³/mol. The fourth-order valence-corrected chi connectivity index (χ4v) is 4.98. The summed E-state index contributed by atoms with van der Waals surface area (Å²) in [4.78, 5) is 29.2. The number of aryl methyl sites for hydroxylation is 1. The highest BCUT2D eigenvalue weighted by atomic mass is 35.5. The van der Waals surface area contributed by atoms with Crippen molar-refractivity contribution in [1.29, 1.82) is 0 Å². The lowest BCUT2D eigenvalue weighted by Gasteiger charge is -2.26. The molecule has 0 radical (unpaired) electrons. The van der Waals surface area contributed by atoms with Gasteiger partial charge in [-0.1, -0.05) is 49.6 Å². The van der Waals surface area contributed by atoms with E-state index < -0.39 is 6.04 Å². The van der Waals surface area contributed by atoms with E-state index in [1.807, 2.05) is 49.4 Å². The van der Waals surface area contributed by atoms with Crippen molar-refractivity contribution in [1.82, 2.24) is 0 Å². The SMILES string of the molecule is CCCCCOc1ccc(C2c3c(oc4ccc(Cl)cc4c3=O)C(=O)N2c2cccc(C)c2)cc1OC. The summed E-state index contributed by atoms with van der Waals surface area (Å²) in [6, 6.07) is 17.3. The Balaban J connectivity index is 1.68. The van der Waals surface area contributed by atoms with Crippen LogP contribution in [0.2, 0.25) is 5.02 Å². The Morgan fingerprint density at radius 2 is 1.84 bits per heavy atom. The Morgan fingerprint density at radius 1 is 1.00 bits per heavy atom. The van der Waals surface area contributed by atoms with Gasteiger partial charge in [0.1, 0.15) is 5.58 Å². The predicted octanol–water partition coefficient (Wildman–Crippen LogP) is 7.08. The number of halogens is 1. The summed E-state index contributed by atoms with van der Waals surface area (Å²) in [5.41, 5.74) is 2.68. The summed E-state index contributed by atoms with van der Waals surface area (Å²) < 4.78 is 17.6. The first-order valence-electron chi connectivity index (χ1n) is 12.4. The van der Waals surface area contributed by atoms with Gasteiger partial charge in [0.2, 0.25) is 5.76 Å². The van der Waals surface area contributed by atoms with Crippen molar-refractivity contribution in [2.45, 2.75) is 39.2 Å². The number of carbonyl (C=O) groups is 1. The van der Waals surface area contributed by atoms with E-state index in [0.717, 1.165) is 24.8 Å². The number of methoxy groups -OCH3 is 1. The Labute approximate surface area is 220 Å². The summed E-state index contributed by atoms with van der Waals surface area (Å²) in [7, 11) is 1.58. The molecule has 0 saturated carbocycles. The molecular formula is C30H28ClNO5. The highest BCUT2D eigenvalue weighted by molar-refractivity contribution is 6.31. The molecule has 0 aliphatic carbocycles. The minimum absolute atomic E-state index is 0.0326. The third kappa shape index (κ3) is 4.58. The standard InChI is InChI=1S/C30H28ClNO5/c1-4-5-6-14-36-24-12-10-19(16-25(24)35-3)27-26-28(33)22-17-20(31)11-13-23(22)37-29(26)30(34)32(27)21-9-7-8-18(2)15-21/h7-13,15-17,27H,4-6,14H2,1-3H3. The molecule has 3 aromatic carbocycles. The summed E-state index contributed by atoms with van der Waals surface area (Å²) in [5, 5.41) is 0.750. The lowest BCUT2D eigenvalue weighted by Crippen LogP contribution is -2.29. The number of fused-ring (bicyclic) bond motifs is 2. The van der Waals surface area contributed by atoms with E-state index in [0.29, 0.717) is 45.3 Å². The lowest BCUT2D eigenvalue weighted by molar-refractivity contribution is 0.0971. The van der Waals surface area contributed by atoms with E-state index in [-0.39, 0.29) is 22.7 Å². The van der Waals surface area contributed by atoms with E-state index in [9.17, 15) is 9.59 Å². The van der Waals surface area contributed by atoms with Crippen LogP contribution in [0.1, 0.15) is 59.5 Å². The average molecular weight is 518 g/mol. The molecule has 0 N–H and O–H groups in total. The van der Waals surface area contributed by atoms with Gasteiger partial charge in [0.05, 0.1) is 30.7 Å². The molecule has 1 unspecified atom stereocenters. The normalized spacial score (nSPS) is 14.8. The summed E-state index contributed by atoms with van der Waals surface area (Å²) in [5.74, 6) is 0.808. The van der Waals surface area contributed by atoms with Crippen LogP contribution in [0, 0.1) is 6.92 Å². The molecule has 1 atom stereocenters. The maximum Gasteiger partial charge on any atom is 0.295 e. The van der Waals surface area contributed by atoms with Crippen molar-refractivity contribution in [3.8, 4) is 11.5 Å². The van der Waals surface area contributed by atoms with Gasteiger partial charge >= 0.3 is 0 Å². The van der Waals surface area contributed by atoms with Crippen LogP contribution in [0.25, 0.3) is 11.0 Å². The van der Waals surface area contributed by atoms with E-state index in [4.69, 9.17) is 25.5 Å². The Hall–Kier alpha value is -3.77. The third-order valence-electron chi connectivity index (χ3n) is 6.62. The molecule has 0 saturated heterocycles. The van der Waals surface area contributed by atoms with Gasteiger partial charge in [-0.3, -0.25) is 14.5 Å². The molecule has 4 aromatic rings. The van der Waals surface area contributed by atoms with Crippen molar-refractivity contribution >= 4 is 34.2 Å². The molecule has 1 aliphatic rings. The van der Waals surface area contributed by atoms with Crippen LogP contribution in [-0.4, -0.2) is 19.6 Å². The second-order valence-corrected chi connectivity index (χ2v) is 9.63. The van der Waals surface area contributed by atoms with E-state index in [1.54, 1.807) is 30.2 Å². The second kappa shape index (κ2) is 10.3. The van der Waals surface area contributed by atoms with Crippen molar-refractivity contribution < 1.29 is 18.7 Å². The molecule has 1 aliphatic heterocycles. The van der Waals surface area contributed by atoms with Crippen molar-refractivity contribution in [3.63, 3.8) is 0 Å². The molecule has 0 spiro atoms. The molecule has 2 heterocycles. The molecule has 5 rings (SSSR count). The van der Waals surface area contributed by atoms with E-state index in [1.165, 1.54) is 0 Å². The maximum absolute atomic E-state index is 13.8. The molecule has 6 nitrogen and oxygen atoms in total. The van der Waals surface area contributed by atoms with Crippen LogP contribution >= 0.6 is 11.6 Å². The quantitative estimate of drug-likeness (QED) is 0.233. The first kappa shape index (κ1) is 24.9. The number of benzene rings is 3. The summed E-state index contributed by atoms with van der Waals surface area (Å²) in [6.07, 6.45) is 3.14. The van der Waals surface area contributed by atoms with Gasteiger partial charge in [0.15, 0.2) is 16.9 Å². The molecule has 1 aromatic heterocycles. The van der Waals surface area contributed by atoms with Gasteiger partial charge in [-0.15, -0.1) is 0 Å². The molecule has 1 amide bonds. The fraction of sp³-hybridized carbons (Fsp3) is 0.267. The second-order valence-electron chi connectivity index (χ2n) is 9.20. The minimum atomic E-state index is -0.716. The van der Waals surface area contributed by atoms with Gasteiger partial charge in [-0.25, -0.2) is 0 Å². The zero-order chi connectivity index (χ0) is 26.1. The average Bonchev–Trinajstić information content (AvgIpc) is 3.19. The zero-order valence-electron chi connectivity index (χ0n) is 21.0. The zero-order valence-corrected chi connectivity index (χ0v) is 21.8. The largest absolute Gasteiger partial charge is 0.493 e. The number of hydrogen-bond donors (Lipinski definition) is 0. The van der Waals surface area contributed by atoms with Crippen LogP contribution < -0.4 is 19.8 Å². The molecule has 37 heavy (non-hydrogen) atoms. The first-order valence-corrected chi connectivity index (χ1v) is 12.8. The Kier molecular flexibility index (Phi) is 6.94. The molecule has 0 bridgehead atoms. The number of nitrogens with zero attached hydrogens (tertiary/aromatic N) is 1. The monoisotopic (exact) mass is 517 g/mol. The number of anilines is 1. The maximum atomic E-state index is 13.8. The number of ether oxygens (including phenoxy) is 2. The Bertz CT molecular complexity index is 1540. The highest BCUT2D eigenvalue weighted by Gasteiger charge is 2.44. The van der Waals surface area contributed by atoms with Gasteiger partial charge in [-0.05, 0) is 66.9 Å². The van der Waals surface area contributed by atoms with Gasteiger partial charge in [0.25, 0.3) is 5.91 Å². The van der Waals surface area contributed by atoms with Gasteiger partial charge < -0.3 is 13.9 Å². The number of unbranched alkanes of at least 4 members (excludes halogenated alkanes) is 2. The molecular weight excluding hydrogens is 490 g/mol. The third-order valence-corrected chi connectivity index (χ3v) is 6.86. The lowest BCUT2D eigenvalue weighted by atomic mass is 9.97. The van der Waals surface area contributed by atoms with E-state index in [2.05, 4.69) is 6.92 Å². The van der Waals surface area contributed by atoms with Gasteiger partial charge in [0, 0.05) is 10.7 Å². The first-order chi connectivity index (χ1) is 17.9. The van der Waals surface area contributed by atoms with Crippen LogP contribution in [0.4, 0.5) is 5.69 Å². The van der Waals surface area contributed by atoms with Crippen LogP contribution in [0.3, 0.4) is 0 Å². The topological polar surface area (TPSA) is 69.0 Å². The van der Waals surface area contributed by atoms with Crippen molar-refractivity contribution in [2.24, 2.45) is 0 Å². The van der Waals surface area contributed by atoms with Crippen molar-refractivity contribution in [3.05, 3.63) is 98.4 Å². The van der Waals surface area contributed by atoms with Crippen LogP contribution in [0.5, 0.6) is 11.5 Å². The van der Waals surface area contributed by atoms with E-state index >= 15 is 0 Å². The molecule has 0 fully saturated rings.